The topological polar surface area (TPSA) is 71.5 Å². The highest BCUT2D eigenvalue weighted by Gasteiger charge is 2.39. The molecule has 2 unspecified atom stereocenters. The second-order valence-corrected chi connectivity index (χ2v) is 9.50. The summed E-state index contributed by atoms with van der Waals surface area (Å²) in [5.74, 6) is -0.00687. The minimum absolute atomic E-state index is 0.245. The number of fused-ring (bicyclic) bond motifs is 1. The third-order valence-corrected chi connectivity index (χ3v) is 6.66. The van der Waals surface area contributed by atoms with Gasteiger partial charge in [0.15, 0.2) is 6.10 Å². The largest absolute Gasteiger partial charge is 0.478 e. The maximum atomic E-state index is 13.3. The van der Waals surface area contributed by atoms with E-state index in [9.17, 15) is 9.59 Å². The predicted octanol–water partition coefficient (Wildman–Crippen LogP) is 5.61. The number of ether oxygens (including phenoxy) is 1. The Hall–Kier alpha value is -2.90. The molecule has 1 aliphatic heterocycles. The van der Waals surface area contributed by atoms with E-state index in [1.165, 1.54) is 4.90 Å². The van der Waals surface area contributed by atoms with Gasteiger partial charge in [0.1, 0.15) is 11.8 Å². The molecule has 1 N–H and O–H groups in total. The fraction of sp³-hybridized carbons (Fsp3) is 0.292. The van der Waals surface area contributed by atoms with Crippen molar-refractivity contribution in [1.82, 2.24) is 4.98 Å². The number of amides is 2. The van der Waals surface area contributed by atoms with Crippen LogP contribution < -0.4 is 15.0 Å². The van der Waals surface area contributed by atoms with Gasteiger partial charge in [-0.25, -0.2) is 4.98 Å². The number of halogens is 1. The first-order chi connectivity index (χ1) is 15.3. The van der Waals surface area contributed by atoms with Crippen LogP contribution in [0.2, 0.25) is 5.02 Å². The summed E-state index contributed by atoms with van der Waals surface area (Å²) < 4.78 is 5.96. The predicted molar refractivity (Wildman–Crippen MR) is 129 cm³/mol. The fourth-order valence-electron chi connectivity index (χ4n) is 3.80. The second-order valence-electron chi connectivity index (χ2n) is 7.69. The first kappa shape index (κ1) is 22.3. The van der Waals surface area contributed by atoms with Gasteiger partial charge >= 0.3 is 0 Å². The number of rotatable bonds is 5. The van der Waals surface area contributed by atoms with Crippen molar-refractivity contribution in [3.63, 3.8) is 0 Å². The maximum absolute atomic E-state index is 13.3. The van der Waals surface area contributed by atoms with Gasteiger partial charge in [0.25, 0.3) is 5.91 Å². The average molecular weight is 470 g/mol. The van der Waals surface area contributed by atoms with E-state index in [2.05, 4.69) is 10.3 Å². The lowest BCUT2D eigenvalue weighted by Gasteiger charge is -2.37. The summed E-state index contributed by atoms with van der Waals surface area (Å²) in [7, 11) is 0. The number of nitrogens with zero attached hydrogens (tertiary/aromatic N) is 2. The van der Waals surface area contributed by atoms with E-state index in [0.29, 0.717) is 28.6 Å². The van der Waals surface area contributed by atoms with Gasteiger partial charge in [0, 0.05) is 10.4 Å². The van der Waals surface area contributed by atoms with Crippen LogP contribution in [0.3, 0.4) is 0 Å². The van der Waals surface area contributed by atoms with E-state index in [0.717, 1.165) is 21.1 Å². The van der Waals surface area contributed by atoms with Gasteiger partial charge in [-0.05, 0) is 57.5 Å². The molecular formula is C24H24ClN3O3S. The molecule has 1 aromatic heterocycles. The van der Waals surface area contributed by atoms with E-state index in [1.54, 1.807) is 42.5 Å². The van der Waals surface area contributed by atoms with Crippen molar-refractivity contribution in [3.8, 4) is 17.0 Å². The average Bonchev–Trinajstić information content (AvgIpc) is 3.12. The summed E-state index contributed by atoms with van der Waals surface area (Å²) in [4.78, 5) is 33.6. The maximum Gasteiger partial charge on any atom is 0.268 e. The highest BCUT2D eigenvalue weighted by atomic mass is 35.5. The lowest BCUT2D eigenvalue weighted by atomic mass is 10.0. The number of hydrogen-bond acceptors (Lipinski definition) is 5. The Labute approximate surface area is 196 Å². The Balaban J connectivity index is 1.73. The third kappa shape index (κ3) is 4.10. The lowest BCUT2D eigenvalue weighted by molar-refractivity contribution is -0.129. The Bertz CT molecular complexity index is 1190. The van der Waals surface area contributed by atoms with Crippen molar-refractivity contribution < 1.29 is 14.3 Å². The number of carbonyl (C=O) groups is 2. The van der Waals surface area contributed by atoms with E-state index >= 15 is 0 Å². The molecule has 2 aromatic carbocycles. The lowest BCUT2D eigenvalue weighted by Crippen LogP contribution is -2.53. The molecule has 3 aromatic rings. The van der Waals surface area contributed by atoms with Crippen molar-refractivity contribution >= 4 is 46.1 Å². The number of carbonyl (C=O) groups excluding carboxylic acids is 2. The molecule has 1 aliphatic rings. The zero-order chi connectivity index (χ0) is 23.0. The summed E-state index contributed by atoms with van der Waals surface area (Å²) in [6.45, 7) is 7.57. The van der Waals surface area contributed by atoms with Crippen molar-refractivity contribution in [2.24, 2.45) is 0 Å². The molecule has 0 fully saturated rings. The molecule has 4 rings (SSSR count). The number of aryl methyl sites for hydroxylation is 2. The monoisotopic (exact) mass is 469 g/mol. The van der Waals surface area contributed by atoms with Crippen LogP contribution in [0.4, 0.5) is 11.4 Å². The Morgan fingerprint density at radius 3 is 2.69 bits per heavy atom. The van der Waals surface area contributed by atoms with Crippen LogP contribution in [0.15, 0.2) is 42.5 Å². The molecule has 6 nitrogen and oxygen atoms in total. The summed E-state index contributed by atoms with van der Waals surface area (Å²) in [6.07, 6.45) is -0.146. The van der Waals surface area contributed by atoms with Crippen LogP contribution in [0, 0.1) is 13.8 Å². The van der Waals surface area contributed by atoms with Gasteiger partial charge in [-0.1, -0.05) is 30.7 Å². The van der Waals surface area contributed by atoms with E-state index in [1.807, 2.05) is 39.0 Å². The van der Waals surface area contributed by atoms with Crippen LogP contribution in [-0.2, 0) is 9.59 Å². The standard InChI is InChI=1S/C24H24ClN3O3S/c1-5-20-24(30)28(13(2)23(29)27-18-9-7-6-8-17(18)25)19-12-16(10-11-21(19)31-20)22-14(3)32-15(4)26-22/h6-13,20H,5H2,1-4H3,(H,27,29). The number of para-hydroxylation sites is 1. The number of benzene rings is 2. The number of aromatic nitrogens is 1. The Morgan fingerprint density at radius 2 is 2.03 bits per heavy atom. The van der Waals surface area contributed by atoms with E-state index in [4.69, 9.17) is 16.3 Å². The van der Waals surface area contributed by atoms with Gasteiger partial charge in [0.05, 0.1) is 27.1 Å². The van der Waals surface area contributed by atoms with E-state index in [-0.39, 0.29) is 11.8 Å². The van der Waals surface area contributed by atoms with Crippen LogP contribution >= 0.6 is 22.9 Å². The summed E-state index contributed by atoms with van der Waals surface area (Å²) >= 11 is 7.82. The number of anilines is 2. The zero-order valence-electron chi connectivity index (χ0n) is 18.3. The van der Waals surface area contributed by atoms with Crippen LogP contribution in [0.5, 0.6) is 5.75 Å². The van der Waals surface area contributed by atoms with Crippen LogP contribution in [0.1, 0.15) is 30.2 Å². The molecule has 0 aliphatic carbocycles. The molecule has 2 heterocycles. The van der Waals surface area contributed by atoms with Crippen LogP contribution in [-0.4, -0.2) is 28.9 Å². The molecule has 2 amide bonds. The fourth-order valence-corrected chi connectivity index (χ4v) is 4.82. The first-order valence-electron chi connectivity index (χ1n) is 10.4. The third-order valence-electron chi connectivity index (χ3n) is 5.45. The quantitative estimate of drug-likeness (QED) is 0.527. The molecule has 0 radical (unpaired) electrons. The number of nitrogens with one attached hydrogen (secondary N) is 1. The van der Waals surface area contributed by atoms with Crippen molar-refractivity contribution in [3.05, 3.63) is 57.4 Å². The molecular weight excluding hydrogens is 446 g/mol. The van der Waals surface area contributed by atoms with E-state index < -0.39 is 12.1 Å². The molecule has 0 saturated heterocycles. The smallest absolute Gasteiger partial charge is 0.268 e. The molecule has 32 heavy (non-hydrogen) atoms. The molecule has 0 saturated carbocycles. The van der Waals surface area contributed by atoms with Gasteiger partial charge in [-0.2, -0.15) is 0 Å². The number of hydrogen-bond donors (Lipinski definition) is 1. The first-order valence-corrected chi connectivity index (χ1v) is 11.6. The molecule has 8 heteroatoms. The number of thiazole rings is 1. The van der Waals surface area contributed by atoms with Crippen LogP contribution in [0.25, 0.3) is 11.3 Å². The Kier molecular flexibility index (Phi) is 6.22. The summed E-state index contributed by atoms with van der Waals surface area (Å²) in [6, 6.07) is 11.9. The van der Waals surface area contributed by atoms with Crippen molar-refractivity contribution in [2.45, 2.75) is 46.3 Å². The molecule has 166 valence electrons. The van der Waals surface area contributed by atoms with Crippen molar-refractivity contribution in [1.29, 1.82) is 0 Å². The summed E-state index contributed by atoms with van der Waals surface area (Å²) in [5.41, 5.74) is 2.81. The van der Waals surface area contributed by atoms with Gasteiger partial charge in [-0.3, -0.25) is 14.5 Å². The normalized spacial score (nSPS) is 16.3. The Morgan fingerprint density at radius 1 is 1.28 bits per heavy atom. The van der Waals surface area contributed by atoms with Gasteiger partial charge in [0.2, 0.25) is 5.91 Å². The molecule has 2 atom stereocenters. The summed E-state index contributed by atoms with van der Waals surface area (Å²) in [5, 5.41) is 4.24. The second kappa shape index (κ2) is 8.92. The highest BCUT2D eigenvalue weighted by molar-refractivity contribution is 7.11. The highest BCUT2D eigenvalue weighted by Crippen LogP contribution is 2.40. The van der Waals surface area contributed by atoms with Gasteiger partial charge in [-0.15, -0.1) is 11.3 Å². The zero-order valence-corrected chi connectivity index (χ0v) is 19.9. The van der Waals surface area contributed by atoms with Gasteiger partial charge < -0.3 is 10.1 Å². The minimum Gasteiger partial charge on any atom is -0.478 e. The molecule has 0 bridgehead atoms. The molecule has 0 spiro atoms. The SMILES string of the molecule is CCC1Oc2ccc(-c3nc(C)sc3C)cc2N(C(C)C(=O)Nc2ccccc2Cl)C1=O. The minimum atomic E-state index is -0.774. The van der Waals surface area contributed by atoms with Crippen molar-refractivity contribution in [2.75, 3.05) is 10.2 Å².